The van der Waals surface area contributed by atoms with Gasteiger partial charge in [-0.05, 0) is 63.6 Å². The normalized spacial score (nSPS) is 22.5. The molecule has 0 atom stereocenters. The molecule has 0 amide bonds. The second-order valence-electron chi connectivity index (χ2n) is 8.28. The first-order valence-corrected chi connectivity index (χ1v) is 10.5. The fraction of sp³-hybridized carbons (Fsp3) is 0.950. The molecule has 0 radical (unpaired) electrons. The molecule has 0 aromatic rings. The Bertz CT molecular complexity index is 380. The van der Waals surface area contributed by atoms with Crippen LogP contribution in [0.25, 0.3) is 0 Å². The Morgan fingerprint density at radius 3 is 2.24 bits per heavy atom. The number of aliphatic imine (C=N–C) groups is 1. The maximum Gasteiger partial charge on any atom is 0.191 e. The van der Waals surface area contributed by atoms with Gasteiger partial charge in [-0.25, -0.2) is 0 Å². The Labute approximate surface area is 155 Å². The van der Waals surface area contributed by atoms with Gasteiger partial charge in [0.2, 0.25) is 0 Å². The number of hydrogen-bond donors (Lipinski definition) is 2. The van der Waals surface area contributed by atoms with Gasteiger partial charge in [-0.2, -0.15) is 0 Å². The molecule has 5 heteroatoms. The number of nitrogens with zero attached hydrogens (tertiary/aromatic N) is 3. The molecule has 2 saturated heterocycles. The molecule has 2 rings (SSSR count). The van der Waals surface area contributed by atoms with E-state index in [1.165, 1.54) is 71.4 Å². The summed E-state index contributed by atoms with van der Waals surface area (Å²) < 4.78 is 0. The van der Waals surface area contributed by atoms with Gasteiger partial charge >= 0.3 is 0 Å². The minimum atomic E-state index is 0.572. The Kier molecular flexibility index (Phi) is 9.04. The molecule has 5 nitrogen and oxygen atoms in total. The predicted octanol–water partition coefficient (Wildman–Crippen LogP) is 2.39. The van der Waals surface area contributed by atoms with Crippen LogP contribution in [-0.2, 0) is 0 Å². The molecule has 0 saturated carbocycles. The Balaban J connectivity index is 1.60. The van der Waals surface area contributed by atoms with Crippen molar-refractivity contribution in [3.05, 3.63) is 0 Å². The van der Waals surface area contributed by atoms with E-state index >= 15 is 0 Å². The Hall–Kier alpha value is -0.810. The number of rotatable bonds is 7. The molecule has 0 aromatic carbocycles. The van der Waals surface area contributed by atoms with E-state index in [2.05, 4.69) is 46.2 Å². The summed E-state index contributed by atoms with van der Waals surface area (Å²) in [4.78, 5) is 9.59. The van der Waals surface area contributed by atoms with Gasteiger partial charge in [-0.3, -0.25) is 4.99 Å². The summed E-state index contributed by atoms with van der Waals surface area (Å²) in [5, 5.41) is 7.18. The van der Waals surface area contributed by atoms with Crippen molar-refractivity contribution in [2.75, 3.05) is 52.9 Å². The van der Waals surface area contributed by atoms with E-state index in [4.69, 9.17) is 0 Å². The van der Waals surface area contributed by atoms with E-state index in [9.17, 15) is 0 Å². The number of piperidine rings is 2. The SMILES string of the molecule is CCN1CCC(CCNC(=NC)NC2CCN(CC(C)C)CC2)CC1. The average molecular weight is 352 g/mol. The van der Waals surface area contributed by atoms with Crippen molar-refractivity contribution in [2.45, 2.75) is 58.9 Å². The zero-order valence-corrected chi connectivity index (χ0v) is 17.1. The van der Waals surface area contributed by atoms with Crippen LogP contribution < -0.4 is 10.6 Å². The molecule has 2 heterocycles. The smallest absolute Gasteiger partial charge is 0.191 e. The summed E-state index contributed by atoms with van der Waals surface area (Å²) in [7, 11) is 1.89. The van der Waals surface area contributed by atoms with Crippen LogP contribution in [0.4, 0.5) is 0 Å². The topological polar surface area (TPSA) is 42.9 Å². The Morgan fingerprint density at radius 1 is 1.04 bits per heavy atom. The molecule has 25 heavy (non-hydrogen) atoms. The maximum atomic E-state index is 4.43. The maximum absolute atomic E-state index is 4.43. The van der Waals surface area contributed by atoms with Crippen molar-refractivity contribution in [3.63, 3.8) is 0 Å². The van der Waals surface area contributed by atoms with E-state index in [1.807, 2.05) is 7.05 Å². The lowest BCUT2D eigenvalue weighted by Crippen LogP contribution is -2.49. The fourth-order valence-corrected chi connectivity index (χ4v) is 4.15. The van der Waals surface area contributed by atoms with Crippen LogP contribution in [-0.4, -0.2) is 74.7 Å². The monoisotopic (exact) mass is 351 g/mol. The van der Waals surface area contributed by atoms with E-state index in [-0.39, 0.29) is 0 Å². The quantitative estimate of drug-likeness (QED) is 0.546. The first-order chi connectivity index (χ1) is 12.1. The molecule has 2 N–H and O–H groups in total. The average Bonchev–Trinajstić information content (AvgIpc) is 2.62. The minimum absolute atomic E-state index is 0.572. The largest absolute Gasteiger partial charge is 0.356 e. The molecule has 0 aromatic heterocycles. The van der Waals surface area contributed by atoms with Gasteiger partial charge < -0.3 is 20.4 Å². The van der Waals surface area contributed by atoms with Crippen LogP contribution in [0.1, 0.15) is 52.9 Å². The van der Waals surface area contributed by atoms with Crippen molar-refractivity contribution in [1.29, 1.82) is 0 Å². The van der Waals surface area contributed by atoms with Gasteiger partial charge in [0, 0.05) is 39.3 Å². The zero-order valence-electron chi connectivity index (χ0n) is 17.1. The second kappa shape index (κ2) is 11.0. The lowest BCUT2D eigenvalue weighted by Gasteiger charge is -2.34. The molecular formula is C20H41N5. The highest BCUT2D eigenvalue weighted by Crippen LogP contribution is 2.19. The van der Waals surface area contributed by atoms with Crippen LogP contribution in [0, 0.1) is 11.8 Å². The molecular weight excluding hydrogens is 310 g/mol. The summed E-state index contributed by atoms with van der Waals surface area (Å²) in [6.07, 6.45) is 6.43. The highest BCUT2D eigenvalue weighted by atomic mass is 15.2. The molecule has 2 fully saturated rings. The molecule has 146 valence electrons. The van der Waals surface area contributed by atoms with Crippen molar-refractivity contribution >= 4 is 5.96 Å². The van der Waals surface area contributed by atoms with Gasteiger partial charge in [0.15, 0.2) is 5.96 Å². The molecule has 2 aliphatic rings. The predicted molar refractivity (Wildman–Crippen MR) is 108 cm³/mol. The van der Waals surface area contributed by atoms with Gasteiger partial charge in [-0.1, -0.05) is 20.8 Å². The van der Waals surface area contributed by atoms with E-state index < -0.39 is 0 Å². The lowest BCUT2D eigenvalue weighted by atomic mass is 9.93. The van der Waals surface area contributed by atoms with Crippen LogP contribution in [0.2, 0.25) is 0 Å². The number of guanidine groups is 1. The molecule has 0 spiro atoms. The highest BCUT2D eigenvalue weighted by Gasteiger charge is 2.21. The van der Waals surface area contributed by atoms with E-state index in [1.54, 1.807) is 0 Å². The summed E-state index contributed by atoms with van der Waals surface area (Å²) in [6, 6.07) is 0.572. The third-order valence-electron chi connectivity index (χ3n) is 5.77. The standard InChI is InChI=1S/C20H41N5/c1-5-24-12-7-18(8-13-24)6-11-22-20(21-4)23-19-9-14-25(15-10-19)16-17(2)3/h17-19H,5-16H2,1-4H3,(H2,21,22,23). The van der Waals surface area contributed by atoms with Crippen molar-refractivity contribution in [2.24, 2.45) is 16.8 Å². The van der Waals surface area contributed by atoms with Crippen LogP contribution in [0.3, 0.4) is 0 Å². The van der Waals surface area contributed by atoms with Crippen molar-refractivity contribution in [3.8, 4) is 0 Å². The summed E-state index contributed by atoms with van der Waals surface area (Å²) in [5.41, 5.74) is 0. The zero-order chi connectivity index (χ0) is 18.1. The molecule has 0 unspecified atom stereocenters. The summed E-state index contributed by atoms with van der Waals surface area (Å²) in [5.74, 6) is 2.64. The van der Waals surface area contributed by atoms with Crippen LogP contribution in [0.15, 0.2) is 4.99 Å². The van der Waals surface area contributed by atoms with Gasteiger partial charge in [-0.15, -0.1) is 0 Å². The minimum Gasteiger partial charge on any atom is -0.356 e. The van der Waals surface area contributed by atoms with Gasteiger partial charge in [0.25, 0.3) is 0 Å². The van der Waals surface area contributed by atoms with Crippen LogP contribution in [0.5, 0.6) is 0 Å². The fourth-order valence-electron chi connectivity index (χ4n) is 4.15. The summed E-state index contributed by atoms with van der Waals surface area (Å²) in [6.45, 7) is 15.4. The highest BCUT2D eigenvalue weighted by molar-refractivity contribution is 5.79. The number of hydrogen-bond acceptors (Lipinski definition) is 3. The van der Waals surface area contributed by atoms with Gasteiger partial charge in [0.1, 0.15) is 0 Å². The molecule has 2 aliphatic heterocycles. The van der Waals surface area contributed by atoms with E-state index in [0.717, 1.165) is 24.3 Å². The molecule has 0 bridgehead atoms. The number of nitrogens with one attached hydrogen (secondary N) is 2. The molecule has 0 aliphatic carbocycles. The van der Waals surface area contributed by atoms with E-state index in [0.29, 0.717) is 6.04 Å². The first kappa shape index (κ1) is 20.5. The second-order valence-corrected chi connectivity index (χ2v) is 8.28. The third kappa shape index (κ3) is 7.53. The lowest BCUT2D eigenvalue weighted by molar-refractivity contribution is 0.185. The van der Waals surface area contributed by atoms with Crippen molar-refractivity contribution in [1.82, 2.24) is 20.4 Å². The number of likely N-dealkylation sites (tertiary alicyclic amines) is 2. The summed E-state index contributed by atoms with van der Waals surface area (Å²) >= 11 is 0. The van der Waals surface area contributed by atoms with Crippen molar-refractivity contribution < 1.29 is 0 Å². The van der Waals surface area contributed by atoms with Gasteiger partial charge in [0.05, 0.1) is 0 Å². The van der Waals surface area contributed by atoms with Crippen LogP contribution >= 0.6 is 0 Å². The Morgan fingerprint density at radius 2 is 1.68 bits per heavy atom. The first-order valence-electron chi connectivity index (χ1n) is 10.5. The third-order valence-corrected chi connectivity index (χ3v) is 5.77.